The molecule has 1 aromatic heterocycles. The molecule has 1 rings (SSSR count). The van der Waals surface area contributed by atoms with Gasteiger partial charge in [0.25, 0.3) is 0 Å². The summed E-state index contributed by atoms with van der Waals surface area (Å²) in [6.07, 6.45) is 1.89. The van der Waals surface area contributed by atoms with E-state index in [-0.39, 0.29) is 5.69 Å². The minimum Gasteiger partial charge on any atom is -0.369 e. The summed E-state index contributed by atoms with van der Waals surface area (Å²) < 4.78 is 1.54. The number of H-pyrrole nitrogens is 1. The summed E-state index contributed by atoms with van der Waals surface area (Å²) in [5.74, 6) is -0.414. The Balaban J connectivity index is 2.79. The van der Waals surface area contributed by atoms with E-state index in [1.807, 2.05) is 6.92 Å². The number of aromatic nitrogens is 3. The third-order valence-electron chi connectivity index (χ3n) is 2.14. The van der Waals surface area contributed by atoms with Gasteiger partial charge in [0.1, 0.15) is 0 Å². The van der Waals surface area contributed by atoms with Gasteiger partial charge in [-0.2, -0.15) is 0 Å². The number of nitrogens with two attached hydrogens (primary N) is 1. The topological polar surface area (TPSA) is 93.8 Å². The summed E-state index contributed by atoms with van der Waals surface area (Å²) in [4.78, 5) is 22.3. The Kier molecular flexibility index (Phi) is 4.60. The van der Waals surface area contributed by atoms with Crippen molar-refractivity contribution in [3.05, 3.63) is 10.5 Å². The van der Waals surface area contributed by atoms with Crippen molar-refractivity contribution in [3.8, 4) is 0 Å². The molecule has 3 N–H and O–H groups in total. The molecule has 7 heteroatoms. The van der Waals surface area contributed by atoms with Crippen LogP contribution in [0.2, 0.25) is 0 Å². The van der Waals surface area contributed by atoms with Crippen LogP contribution in [-0.4, -0.2) is 25.9 Å². The zero-order valence-electron chi connectivity index (χ0n) is 9.40. The van der Waals surface area contributed by atoms with Gasteiger partial charge in [-0.1, -0.05) is 25.1 Å². The maximum atomic E-state index is 11.4. The van der Waals surface area contributed by atoms with Crippen molar-refractivity contribution < 1.29 is 4.79 Å². The first-order chi connectivity index (χ1) is 7.56. The van der Waals surface area contributed by atoms with Gasteiger partial charge >= 0.3 is 5.69 Å². The van der Waals surface area contributed by atoms with E-state index in [4.69, 9.17) is 5.73 Å². The number of unbranched alkanes of at least 4 members (excludes halogenated alkanes) is 1. The number of rotatable bonds is 6. The molecule has 0 saturated heterocycles. The largest absolute Gasteiger partial charge is 0.369 e. The van der Waals surface area contributed by atoms with Crippen molar-refractivity contribution in [1.82, 2.24) is 14.8 Å². The number of aromatic amines is 1. The molecule has 0 saturated carbocycles. The molecule has 1 atom stereocenters. The molecular formula is C9H16N4O2S. The van der Waals surface area contributed by atoms with E-state index in [1.54, 1.807) is 6.92 Å². The van der Waals surface area contributed by atoms with Crippen LogP contribution in [0.4, 0.5) is 0 Å². The maximum Gasteiger partial charge on any atom is 0.343 e. The van der Waals surface area contributed by atoms with Crippen LogP contribution in [0.3, 0.4) is 0 Å². The third kappa shape index (κ3) is 3.13. The van der Waals surface area contributed by atoms with Crippen LogP contribution in [0.5, 0.6) is 0 Å². The Morgan fingerprint density at radius 2 is 2.38 bits per heavy atom. The number of nitrogens with zero attached hydrogens (tertiary/aromatic N) is 2. The fourth-order valence-corrected chi connectivity index (χ4v) is 1.95. The van der Waals surface area contributed by atoms with E-state index in [9.17, 15) is 9.59 Å². The molecule has 1 heterocycles. The summed E-state index contributed by atoms with van der Waals surface area (Å²) in [5, 5.41) is 6.37. The fraction of sp³-hybridized carbons (Fsp3) is 0.667. The molecule has 0 aromatic carbocycles. The van der Waals surface area contributed by atoms with Crippen LogP contribution in [-0.2, 0) is 11.3 Å². The first kappa shape index (κ1) is 12.8. The van der Waals surface area contributed by atoms with E-state index in [2.05, 4.69) is 10.2 Å². The fourth-order valence-electron chi connectivity index (χ4n) is 1.12. The van der Waals surface area contributed by atoms with Crippen LogP contribution >= 0.6 is 11.8 Å². The van der Waals surface area contributed by atoms with Gasteiger partial charge in [0.15, 0.2) is 5.16 Å². The van der Waals surface area contributed by atoms with Gasteiger partial charge in [0, 0.05) is 6.54 Å². The molecule has 16 heavy (non-hydrogen) atoms. The predicted octanol–water partition coefficient (Wildman–Crippen LogP) is 0.337. The number of carbonyl (C=O) groups excluding carboxylic acids is 1. The highest BCUT2D eigenvalue weighted by Gasteiger charge is 2.16. The molecule has 0 radical (unpaired) electrons. The van der Waals surface area contributed by atoms with Gasteiger partial charge < -0.3 is 5.73 Å². The highest BCUT2D eigenvalue weighted by atomic mass is 32.2. The molecule has 0 aliphatic heterocycles. The molecular weight excluding hydrogens is 228 g/mol. The average Bonchev–Trinajstić information content (AvgIpc) is 2.57. The number of amides is 1. The van der Waals surface area contributed by atoms with Crippen molar-refractivity contribution >= 4 is 17.7 Å². The Bertz CT molecular complexity index is 412. The number of hydrogen-bond acceptors (Lipinski definition) is 4. The van der Waals surface area contributed by atoms with Crippen molar-refractivity contribution in [1.29, 1.82) is 0 Å². The lowest BCUT2D eigenvalue weighted by Crippen LogP contribution is -2.24. The van der Waals surface area contributed by atoms with E-state index >= 15 is 0 Å². The Labute approximate surface area is 97.6 Å². The molecule has 1 unspecified atom stereocenters. The maximum absolute atomic E-state index is 11.4. The normalized spacial score (nSPS) is 12.6. The van der Waals surface area contributed by atoms with Gasteiger partial charge in [-0.15, -0.1) is 5.10 Å². The quantitative estimate of drug-likeness (QED) is 0.705. The predicted molar refractivity (Wildman–Crippen MR) is 62.3 cm³/mol. The molecule has 1 amide bonds. The second kappa shape index (κ2) is 5.74. The summed E-state index contributed by atoms with van der Waals surface area (Å²) >= 11 is 1.20. The van der Waals surface area contributed by atoms with Gasteiger partial charge in [-0.25, -0.2) is 9.89 Å². The molecule has 0 aliphatic rings. The lowest BCUT2D eigenvalue weighted by atomic mass is 10.3. The van der Waals surface area contributed by atoms with E-state index < -0.39 is 11.2 Å². The minimum absolute atomic E-state index is 0.243. The number of nitrogens with one attached hydrogen (secondary N) is 1. The molecule has 6 nitrogen and oxygen atoms in total. The molecule has 1 aromatic rings. The standard InChI is InChI=1S/C9H16N4O2S/c1-3-4-5-13-8(15)11-12-9(13)16-6(2)7(10)14/h6H,3-5H2,1-2H3,(H2,10,14)(H,11,15). The van der Waals surface area contributed by atoms with Gasteiger partial charge in [-0.05, 0) is 13.3 Å². The molecule has 0 fully saturated rings. The zero-order chi connectivity index (χ0) is 12.1. The van der Waals surface area contributed by atoms with Crippen LogP contribution in [0.25, 0.3) is 0 Å². The molecule has 0 bridgehead atoms. The van der Waals surface area contributed by atoms with E-state index in [0.717, 1.165) is 12.8 Å². The minimum atomic E-state index is -0.414. The second-order valence-corrected chi connectivity index (χ2v) is 4.79. The lowest BCUT2D eigenvalue weighted by molar-refractivity contribution is -0.117. The van der Waals surface area contributed by atoms with Gasteiger partial charge in [-0.3, -0.25) is 9.36 Å². The summed E-state index contributed by atoms with van der Waals surface area (Å²) in [7, 11) is 0. The van der Waals surface area contributed by atoms with Crippen molar-refractivity contribution in [2.24, 2.45) is 5.73 Å². The number of thioether (sulfide) groups is 1. The molecule has 0 spiro atoms. The lowest BCUT2D eigenvalue weighted by Gasteiger charge is -2.07. The van der Waals surface area contributed by atoms with Crippen LogP contribution < -0.4 is 11.4 Å². The SMILES string of the molecule is CCCCn1c(SC(C)C(N)=O)n[nH]c1=O. The third-order valence-corrected chi connectivity index (χ3v) is 3.25. The average molecular weight is 244 g/mol. The van der Waals surface area contributed by atoms with Crippen molar-refractivity contribution in [2.75, 3.05) is 0 Å². The molecule has 0 aliphatic carbocycles. The van der Waals surface area contributed by atoms with Crippen LogP contribution in [0, 0.1) is 0 Å². The highest BCUT2D eigenvalue weighted by Crippen LogP contribution is 2.19. The van der Waals surface area contributed by atoms with Crippen molar-refractivity contribution in [3.63, 3.8) is 0 Å². The Hall–Kier alpha value is -1.24. The van der Waals surface area contributed by atoms with Crippen LogP contribution in [0.15, 0.2) is 9.95 Å². The number of carbonyl (C=O) groups is 1. The van der Waals surface area contributed by atoms with Crippen LogP contribution in [0.1, 0.15) is 26.7 Å². The second-order valence-electron chi connectivity index (χ2n) is 3.48. The van der Waals surface area contributed by atoms with E-state index in [0.29, 0.717) is 11.7 Å². The summed E-state index contributed by atoms with van der Waals surface area (Å²) in [5.41, 5.74) is 4.91. The number of primary amides is 1. The zero-order valence-corrected chi connectivity index (χ0v) is 10.2. The van der Waals surface area contributed by atoms with Gasteiger partial charge in [0.05, 0.1) is 5.25 Å². The molecule has 90 valence electrons. The Morgan fingerprint density at radius 3 is 2.94 bits per heavy atom. The highest BCUT2D eigenvalue weighted by molar-refractivity contribution is 8.00. The Morgan fingerprint density at radius 1 is 1.69 bits per heavy atom. The van der Waals surface area contributed by atoms with E-state index in [1.165, 1.54) is 16.3 Å². The summed E-state index contributed by atoms with van der Waals surface area (Å²) in [6, 6.07) is 0. The van der Waals surface area contributed by atoms with Gasteiger partial charge in [0.2, 0.25) is 5.91 Å². The summed E-state index contributed by atoms with van der Waals surface area (Å²) in [6.45, 7) is 4.35. The monoisotopic (exact) mass is 244 g/mol. The van der Waals surface area contributed by atoms with Crippen molar-refractivity contribution in [2.45, 2.75) is 43.6 Å². The first-order valence-corrected chi connectivity index (χ1v) is 6.05. The smallest absolute Gasteiger partial charge is 0.343 e. The first-order valence-electron chi connectivity index (χ1n) is 5.17. The number of hydrogen-bond donors (Lipinski definition) is 2.